The molecule has 1 unspecified atom stereocenters. The molecule has 2 heteroatoms. The molecule has 202 valence electrons. The van der Waals surface area contributed by atoms with Crippen LogP contribution in [0.2, 0.25) is 0 Å². The molecule has 1 rings (SSSR count). The second kappa shape index (κ2) is 24.2. The number of esters is 1. The molecular weight excluding hydrogens is 416 g/mol. The molecule has 0 spiro atoms. The van der Waals surface area contributed by atoms with Crippen molar-refractivity contribution in [2.45, 2.75) is 193 Å². The zero-order valence-electron chi connectivity index (χ0n) is 23.6. The van der Waals surface area contributed by atoms with Gasteiger partial charge < -0.3 is 4.74 Å². The summed E-state index contributed by atoms with van der Waals surface area (Å²) in [7, 11) is 0. The van der Waals surface area contributed by atoms with Gasteiger partial charge in [-0.1, -0.05) is 155 Å². The first-order valence-corrected chi connectivity index (χ1v) is 16.0. The van der Waals surface area contributed by atoms with E-state index in [9.17, 15) is 4.79 Å². The van der Waals surface area contributed by atoms with Crippen molar-refractivity contribution >= 4 is 5.97 Å². The fraction of sp³-hybridized carbons (Fsp3) is 0.969. The Labute approximate surface area is 214 Å². The number of unbranched alkanes of at least 4 members (excludes halogenated alkanes) is 20. The summed E-state index contributed by atoms with van der Waals surface area (Å²) in [4.78, 5) is 12.3. The first kappa shape index (κ1) is 31.5. The standard InChI is InChI=1S/C32H62O2/c1-3-5-7-9-11-13-15-16-18-20-22-24-26-30(29-32(33)34-31-27-28-31)25-23-21-19-17-14-12-10-8-6-4-2/h30-31H,3-29H2,1-2H3. The molecule has 1 fully saturated rings. The summed E-state index contributed by atoms with van der Waals surface area (Å²) in [5.74, 6) is 0.641. The third-order valence-corrected chi connectivity index (χ3v) is 7.71. The highest BCUT2D eigenvalue weighted by molar-refractivity contribution is 5.70. The van der Waals surface area contributed by atoms with Gasteiger partial charge in [-0.3, -0.25) is 4.79 Å². The molecule has 1 atom stereocenters. The average molecular weight is 479 g/mol. The fourth-order valence-electron chi connectivity index (χ4n) is 5.20. The van der Waals surface area contributed by atoms with Crippen LogP contribution in [0.5, 0.6) is 0 Å². The summed E-state index contributed by atoms with van der Waals surface area (Å²) in [6.07, 6.45) is 36.3. The lowest BCUT2D eigenvalue weighted by atomic mass is 9.91. The number of hydrogen-bond donors (Lipinski definition) is 0. The Balaban J connectivity index is 2.03. The molecule has 0 heterocycles. The second-order valence-corrected chi connectivity index (χ2v) is 11.4. The second-order valence-electron chi connectivity index (χ2n) is 11.4. The van der Waals surface area contributed by atoms with Gasteiger partial charge in [-0.15, -0.1) is 0 Å². The normalized spacial score (nSPS) is 14.4. The highest BCUT2D eigenvalue weighted by Crippen LogP contribution is 2.27. The Hall–Kier alpha value is -0.530. The molecule has 0 bridgehead atoms. The third kappa shape index (κ3) is 22.0. The molecular formula is C32H62O2. The van der Waals surface area contributed by atoms with Gasteiger partial charge in [0.15, 0.2) is 0 Å². The molecule has 0 N–H and O–H groups in total. The molecule has 1 aliphatic rings. The molecule has 34 heavy (non-hydrogen) atoms. The van der Waals surface area contributed by atoms with E-state index in [4.69, 9.17) is 4.74 Å². The van der Waals surface area contributed by atoms with Gasteiger partial charge in [0.05, 0.1) is 0 Å². The SMILES string of the molecule is CCCCCCCCCCCCCCC(CCCCCCCCCCCC)CC(=O)OC1CC1. The van der Waals surface area contributed by atoms with Crippen molar-refractivity contribution in [2.24, 2.45) is 5.92 Å². The minimum atomic E-state index is 0.0820. The van der Waals surface area contributed by atoms with Crippen LogP contribution in [-0.2, 0) is 9.53 Å². The maximum atomic E-state index is 12.3. The summed E-state index contributed by atoms with van der Waals surface area (Å²) < 4.78 is 5.57. The van der Waals surface area contributed by atoms with E-state index >= 15 is 0 Å². The van der Waals surface area contributed by atoms with E-state index in [1.807, 2.05) is 0 Å². The molecule has 0 aliphatic heterocycles. The van der Waals surface area contributed by atoms with Gasteiger partial charge in [0.25, 0.3) is 0 Å². The van der Waals surface area contributed by atoms with Gasteiger partial charge in [-0.05, 0) is 31.6 Å². The lowest BCUT2D eigenvalue weighted by Crippen LogP contribution is -2.13. The van der Waals surface area contributed by atoms with Crippen LogP contribution in [0.4, 0.5) is 0 Å². The maximum Gasteiger partial charge on any atom is 0.306 e. The molecule has 0 aromatic heterocycles. The van der Waals surface area contributed by atoms with Crippen LogP contribution in [0.3, 0.4) is 0 Å². The molecule has 0 aromatic rings. The van der Waals surface area contributed by atoms with Crippen LogP contribution < -0.4 is 0 Å². The van der Waals surface area contributed by atoms with Crippen LogP contribution in [0.1, 0.15) is 187 Å². The maximum absolute atomic E-state index is 12.3. The van der Waals surface area contributed by atoms with Crippen LogP contribution in [-0.4, -0.2) is 12.1 Å². The molecule has 2 nitrogen and oxygen atoms in total. The monoisotopic (exact) mass is 478 g/mol. The van der Waals surface area contributed by atoms with E-state index in [1.165, 1.54) is 154 Å². The fourth-order valence-corrected chi connectivity index (χ4v) is 5.20. The van der Waals surface area contributed by atoms with Crippen molar-refractivity contribution in [3.05, 3.63) is 0 Å². The molecule has 1 saturated carbocycles. The average Bonchev–Trinajstić information content (AvgIpc) is 3.64. The Kier molecular flexibility index (Phi) is 22.4. The van der Waals surface area contributed by atoms with Gasteiger partial charge in [-0.2, -0.15) is 0 Å². The number of carbonyl (C=O) groups is 1. The van der Waals surface area contributed by atoms with E-state index in [0.29, 0.717) is 12.3 Å². The van der Waals surface area contributed by atoms with Crippen molar-refractivity contribution < 1.29 is 9.53 Å². The number of rotatable bonds is 27. The third-order valence-electron chi connectivity index (χ3n) is 7.71. The minimum absolute atomic E-state index is 0.0820. The van der Waals surface area contributed by atoms with E-state index in [0.717, 1.165) is 12.8 Å². The van der Waals surface area contributed by atoms with Crippen molar-refractivity contribution in [1.29, 1.82) is 0 Å². The summed E-state index contributed by atoms with van der Waals surface area (Å²) in [5, 5.41) is 0. The number of ether oxygens (including phenoxy) is 1. The summed E-state index contributed by atoms with van der Waals surface area (Å²) >= 11 is 0. The van der Waals surface area contributed by atoms with Crippen molar-refractivity contribution in [3.63, 3.8) is 0 Å². The first-order chi connectivity index (χ1) is 16.8. The zero-order valence-corrected chi connectivity index (χ0v) is 23.6. The largest absolute Gasteiger partial charge is 0.462 e. The van der Waals surface area contributed by atoms with Gasteiger partial charge >= 0.3 is 5.97 Å². The molecule has 0 amide bonds. The van der Waals surface area contributed by atoms with Crippen LogP contribution in [0.25, 0.3) is 0 Å². The van der Waals surface area contributed by atoms with Gasteiger partial charge in [0.1, 0.15) is 6.10 Å². The number of hydrogen-bond acceptors (Lipinski definition) is 2. The Morgan fingerprint density at radius 3 is 1.21 bits per heavy atom. The summed E-state index contributed by atoms with van der Waals surface area (Å²) in [6, 6.07) is 0. The van der Waals surface area contributed by atoms with Crippen LogP contribution in [0.15, 0.2) is 0 Å². The highest BCUT2D eigenvalue weighted by Gasteiger charge is 2.27. The number of carbonyl (C=O) groups excluding carboxylic acids is 1. The summed E-state index contributed by atoms with van der Waals surface area (Å²) in [5.41, 5.74) is 0. The zero-order chi connectivity index (χ0) is 24.5. The molecule has 0 saturated heterocycles. The van der Waals surface area contributed by atoms with Gasteiger partial charge in [-0.25, -0.2) is 0 Å². The smallest absolute Gasteiger partial charge is 0.306 e. The Bertz CT molecular complexity index is 429. The topological polar surface area (TPSA) is 26.3 Å². The van der Waals surface area contributed by atoms with Crippen molar-refractivity contribution in [2.75, 3.05) is 0 Å². The molecule has 0 radical (unpaired) electrons. The van der Waals surface area contributed by atoms with Gasteiger partial charge in [0, 0.05) is 6.42 Å². The first-order valence-electron chi connectivity index (χ1n) is 16.0. The summed E-state index contributed by atoms with van der Waals surface area (Å²) in [6.45, 7) is 4.58. The predicted octanol–water partition coefficient (Wildman–Crippen LogP) is 11.1. The lowest BCUT2D eigenvalue weighted by molar-refractivity contribution is -0.146. The quantitative estimate of drug-likeness (QED) is 0.0866. The highest BCUT2D eigenvalue weighted by atomic mass is 16.5. The molecule has 1 aliphatic carbocycles. The van der Waals surface area contributed by atoms with Crippen LogP contribution >= 0.6 is 0 Å². The van der Waals surface area contributed by atoms with Gasteiger partial charge in [0.2, 0.25) is 0 Å². The van der Waals surface area contributed by atoms with E-state index < -0.39 is 0 Å². The van der Waals surface area contributed by atoms with E-state index in [2.05, 4.69) is 13.8 Å². The van der Waals surface area contributed by atoms with Crippen LogP contribution in [0, 0.1) is 5.92 Å². The lowest BCUT2D eigenvalue weighted by Gasteiger charge is -2.16. The van der Waals surface area contributed by atoms with E-state index in [-0.39, 0.29) is 12.1 Å². The van der Waals surface area contributed by atoms with Crippen molar-refractivity contribution in [3.8, 4) is 0 Å². The minimum Gasteiger partial charge on any atom is -0.462 e. The predicted molar refractivity (Wildman–Crippen MR) is 149 cm³/mol. The molecule has 0 aromatic carbocycles. The van der Waals surface area contributed by atoms with Crippen molar-refractivity contribution in [1.82, 2.24) is 0 Å². The Morgan fingerprint density at radius 2 is 0.882 bits per heavy atom. The Morgan fingerprint density at radius 1 is 0.559 bits per heavy atom. The van der Waals surface area contributed by atoms with E-state index in [1.54, 1.807) is 0 Å².